The summed E-state index contributed by atoms with van der Waals surface area (Å²) in [6.45, 7) is 2.50. The number of hydrogen-bond donors (Lipinski definition) is 1. The van der Waals surface area contributed by atoms with Gasteiger partial charge in [0.2, 0.25) is 0 Å². The molecule has 1 aromatic carbocycles. The van der Waals surface area contributed by atoms with E-state index in [1.807, 2.05) is 30.3 Å². The topological polar surface area (TPSA) is 76.7 Å². The molecule has 4 rings (SSSR count). The Morgan fingerprint density at radius 1 is 1.19 bits per heavy atom. The van der Waals surface area contributed by atoms with E-state index in [-0.39, 0.29) is 23.2 Å². The monoisotopic (exact) mass is 422 g/mol. The molecule has 1 N–H and O–H groups in total. The minimum atomic E-state index is -0.797. The Balaban J connectivity index is 1.52. The highest BCUT2D eigenvalue weighted by molar-refractivity contribution is 5.89. The van der Waals surface area contributed by atoms with Crippen LogP contribution in [-0.2, 0) is 16.0 Å². The van der Waals surface area contributed by atoms with Crippen LogP contribution in [-0.4, -0.2) is 23.7 Å². The van der Waals surface area contributed by atoms with E-state index in [0.29, 0.717) is 23.7 Å². The summed E-state index contributed by atoms with van der Waals surface area (Å²) in [7, 11) is 0. The molecule has 2 aliphatic carbocycles. The van der Waals surface area contributed by atoms with Gasteiger partial charge < -0.3 is 14.3 Å². The van der Waals surface area contributed by atoms with E-state index in [1.165, 1.54) is 0 Å². The second kappa shape index (κ2) is 9.13. The zero-order valence-electron chi connectivity index (χ0n) is 18.0. The molecular formula is C26H30O5. The number of rotatable bonds is 7. The lowest BCUT2D eigenvalue weighted by Gasteiger charge is -2.52. The van der Waals surface area contributed by atoms with Gasteiger partial charge in [0.25, 0.3) is 0 Å². The molecule has 0 amide bonds. The fraction of sp³-hybridized carbons (Fsp3) is 0.462. The number of carboxylic acids is 1. The van der Waals surface area contributed by atoms with Crippen molar-refractivity contribution in [2.45, 2.75) is 45.4 Å². The van der Waals surface area contributed by atoms with Crippen molar-refractivity contribution in [3.63, 3.8) is 0 Å². The summed E-state index contributed by atoms with van der Waals surface area (Å²) in [6, 6.07) is 11.1. The quantitative estimate of drug-likeness (QED) is 0.594. The molecule has 0 unspecified atom stereocenters. The highest BCUT2D eigenvalue weighted by Crippen LogP contribution is 2.56. The van der Waals surface area contributed by atoms with E-state index in [2.05, 4.69) is 6.92 Å². The number of allylic oxidation sites excluding steroid dienone is 1. The van der Waals surface area contributed by atoms with Crippen molar-refractivity contribution in [2.24, 2.45) is 23.2 Å². The number of fused-ring (bicyclic) bond motifs is 1. The summed E-state index contributed by atoms with van der Waals surface area (Å²) in [6.07, 6.45) is 10.6. The second-order valence-electron chi connectivity index (χ2n) is 9.12. The Labute approximate surface area is 183 Å². The van der Waals surface area contributed by atoms with E-state index in [1.54, 1.807) is 24.7 Å². The van der Waals surface area contributed by atoms with Crippen molar-refractivity contribution in [2.75, 3.05) is 6.61 Å². The Morgan fingerprint density at radius 2 is 2.00 bits per heavy atom. The van der Waals surface area contributed by atoms with Crippen LogP contribution in [0.4, 0.5) is 0 Å². The maximum atomic E-state index is 12.5. The molecule has 5 heteroatoms. The summed E-state index contributed by atoms with van der Waals surface area (Å²) in [5.74, 6) is -0.303. The van der Waals surface area contributed by atoms with Gasteiger partial charge in [-0.05, 0) is 80.0 Å². The first-order valence-electron chi connectivity index (χ1n) is 11.2. The van der Waals surface area contributed by atoms with E-state index in [0.717, 1.165) is 44.1 Å². The van der Waals surface area contributed by atoms with Gasteiger partial charge in [0, 0.05) is 11.0 Å². The first-order chi connectivity index (χ1) is 15.0. The van der Waals surface area contributed by atoms with Gasteiger partial charge in [-0.25, -0.2) is 9.59 Å². The number of aliphatic carboxylic acids is 1. The Kier molecular flexibility index (Phi) is 6.30. The van der Waals surface area contributed by atoms with Crippen LogP contribution in [0, 0.1) is 23.2 Å². The second-order valence-corrected chi connectivity index (χ2v) is 9.12. The molecule has 2 aromatic rings. The van der Waals surface area contributed by atoms with Crippen LogP contribution in [0.25, 0.3) is 0 Å². The molecule has 1 saturated carbocycles. The van der Waals surface area contributed by atoms with Crippen molar-refractivity contribution in [1.82, 2.24) is 0 Å². The van der Waals surface area contributed by atoms with Gasteiger partial charge in [-0.3, -0.25) is 0 Å². The third-order valence-corrected chi connectivity index (χ3v) is 7.43. The van der Waals surface area contributed by atoms with Gasteiger partial charge in [-0.15, -0.1) is 0 Å². The fourth-order valence-corrected chi connectivity index (χ4v) is 5.78. The lowest BCUT2D eigenvalue weighted by molar-refractivity contribution is -0.135. The van der Waals surface area contributed by atoms with Gasteiger partial charge in [0.05, 0.1) is 24.7 Å². The SMILES string of the molecule is C[C@@]12CC[C@@H](COC(=O)c3ccccc3)[C@H](CCc3ccoc3)[C@H]1CCC=C2C(=O)O. The van der Waals surface area contributed by atoms with Crippen LogP contribution >= 0.6 is 0 Å². The van der Waals surface area contributed by atoms with Gasteiger partial charge in [-0.1, -0.05) is 31.2 Å². The number of furan rings is 1. The molecule has 1 aromatic heterocycles. The van der Waals surface area contributed by atoms with Gasteiger partial charge in [-0.2, -0.15) is 0 Å². The molecule has 1 heterocycles. The Hall–Kier alpha value is -2.82. The number of esters is 1. The van der Waals surface area contributed by atoms with E-state index in [9.17, 15) is 14.7 Å². The molecule has 31 heavy (non-hydrogen) atoms. The molecule has 0 aliphatic heterocycles. The number of benzene rings is 1. The lowest BCUT2D eigenvalue weighted by Crippen LogP contribution is -2.47. The summed E-state index contributed by atoms with van der Waals surface area (Å²) in [5.41, 5.74) is 1.95. The summed E-state index contributed by atoms with van der Waals surface area (Å²) < 4.78 is 11.0. The maximum Gasteiger partial charge on any atom is 0.338 e. The molecule has 0 saturated heterocycles. The van der Waals surface area contributed by atoms with Crippen LogP contribution < -0.4 is 0 Å². The number of carboxylic acid groups (broad SMARTS) is 1. The molecule has 164 valence electrons. The largest absolute Gasteiger partial charge is 0.478 e. The van der Waals surface area contributed by atoms with Crippen LogP contribution in [0.3, 0.4) is 0 Å². The third kappa shape index (κ3) is 4.46. The van der Waals surface area contributed by atoms with Crippen molar-refractivity contribution in [3.8, 4) is 0 Å². The first kappa shape index (κ1) is 21.4. The van der Waals surface area contributed by atoms with E-state index in [4.69, 9.17) is 9.15 Å². The molecule has 4 atom stereocenters. The number of carbonyl (C=O) groups excluding carboxylic acids is 1. The Morgan fingerprint density at radius 3 is 2.71 bits per heavy atom. The molecular weight excluding hydrogens is 392 g/mol. The third-order valence-electron chi connectivity index (χ3n) is 7.43. The van der Waals surface area contributed by atoms with Crippen LogP contribution in [0.1, 0.15) is 54.9 Å². The number of hydrogen-bond acceptors (Lipinski definition) is 4. The molecule has 0 spiro atoms. The van der Waals surface area contributed by atoms with Crippen molar-refractivity contribution in [3.05, 3.63) is 71.7 Å². The molecule has 1 fully saturated rings. The predicted octanol–water partition coefficient (Wildman–Crippen LogP) is 5.52. The molecule has 0 radical (unpaired) electrons. The minimum Gasteiger partial charge on any atom is -0.478 e. The number of aryl methyl sites for hydroxylation is 1. The molecule has 2 aliphatic rings. The first-order valence-corrected chi connectivity index (χ1v) is 11.2. The maximum absolute atomic E-state index is 12.5. The smallest absolute Gasteiger partial charge is 0.338 e. The van der Waals surface area contributed by atoms with Gasteiger partial charge in [0.1, 0.15) is 0 Å². The number of carbonyl (C=O) groups is 2. The molecule has 5 nitrogen and oxygen atoms in total. The summed E-state index contributed by atoms with van der Waals surface area (Å²) in [4.78, 5) is 24.5. The van der Waals surface area contributed by atoms with E-state index < -0.39 is 5.97 Å². The normalized spacial score (nSPS) is 27.8. The average molecular weight is 423 g/mol. The Bertz CT molecular complexity index is 930. The highest BCUT2D eigenvalue weighted by atomic mass is 16.5. The van der Waals surface area contributed by atoms with Crippen molar-refractivity contribution < 1.29 is 23.8 Å². The zero-order valence-corrected chi connectivity index (χ0v) is 18.0. The van der Waals surface area contributed by atoms with Crippen LogP contribution in [0.15, 0.2) is 65.0 Å². The van der Waals surface area contributed by atoms with Crippen LogP contribution in [0.2, 0.25) is 0 Å². The number of ether oxygens (including phenoxy) is 1. The highest BCUT2D eigenvalue weighted by Gasteiger charge is 2.50. The average Bonchev–Trinajstić information content (AvgIpc) is 3.29. The summed E-state index contributed by atoms with van der Waals surface area (Å²) in [5, 5.41) is 9.83. The van der Waals surface area contributed by atoms with Gasteiger partial charge in [0.15, 0.2) is 0 Å². The van der Waals surface area contributed by atoms with Crippen LogP contribution in [0.5, 0.6) is 0 Å². The standard InChI is InChI=1S/C26H30O5/c1-26-14-12-20(17-31-25(29)19-6-3-2-4-7-19)21(11-10-18-13-15-30-16-18)22(26)8-5-9-23(26)24(27)28/h2-4,6-7,9,13,15-16,20-22H,5,8,10-12,14,17H2,1H3,(H,27,28)/t20-,21-,22+,26+/m0/s1. The van der Waals surface area contributed by atoms with E-state index >= 15 is 0 Å². The zero-order chi connectivity index (χ0) is 21.8. The minimum absolute atomic E-state index is 0.228. The van der Waals surface area contributed by atoms with Gasteiger partial charge >= 0.3 is 11.9 Å². The predicted molar refractivity (Wildman–Crippen MR) is 117 cm³/mol. The van der Waals surface area contributed by atoms with Crippen molar-refractivity contribution in [1.29, 1.82) is 0 Å². The molecule has 0 bridgehead atoms. The lowest BCUT2D eigenvalue weighted by atomic mass is 9.52. The van der Waals surface area contributed by atoms with Crippen molar-refractivity contribution >= 4 is 11.9 Å². The summed E-state index contributed by atoms with van der Waals surface area (Å²) >= 11 is 0. The fourth-order valence-electron chi connectivity index (χ4n) is 5.78.